The Kier molecular flexibility index (Phi) is 6.82. The third-order valence-corrected chi connectivity index (χ3v) is 5.74. The van der Waals surface area contributed by atoms with E-state index < -0.39 is 11.4 Å². The average molecular weight is 469 g/mol. The number of Topliss-reactive ketones (excluding diaryl/α,β-unsaturated/α-hetero) is 1. The maximum atomic E-state index is 13.8. The number of rotatable bonds is 7. The number of benzene rings is 3. The van der Waals surface area contributed by atoms with Gasteiger partial charge in [-0.2, -0.15) is 0 Å². The van der Waals surface area contributed by atoms with Crippen LogP contribution in [0, 0.1) is 5.41 Å². The van der Waals surface area contributed by atoms with Gasteiger partial charge < -0.3 is 4.74 Å². The van der Waals surface area contributed by atoms with Gasteiger partial charge in [0.2, 0.25) is 5.88 Å². The summed E-state index contributed by atoms with van der Waals surface area (Å²) in [5, 5.41) is 0. The number of carbonyl (C=O) groups excluding carboxylic acids is 2. The van der Waals surface area contributed by atoms with E-state index in [1.165, 1.54) is 4.68 Å². The molecular formula is C29H28N2O4. The van der Waals surface area contributed by atoms with E-state index in [9.17, 15) is 14.4 Å². The SMILES string of the molecule is CC(C)(C)C(=O)CCc1c(OC(=O)c2ccccc2)n(-c2ccccc2)n(-c2ccccc2)c1=O. The van der Waals surface area contributed by atoms with Crippen LogP contribution in [0.1, 0.15) is 43.1 Å². The van der Waals surface area contributed by atoms with Crippen molar-refractivity contribution in [3.8, 4) is 17.3 Å². The first-order chi connectivity index (χ1) is 16.8. The van der Waals surface area contributed by atoms with Crippen LogP contribution in [0.4, 0.5) is 0 Å². The normalized spacial score (nSPS) is 11.3. The largest absolute Gasteiger partial charge is 0.403 e. The predicted molar refractivity (Wildman–Crippen MR) is 136 cm³/mol. The van der Waals surface area contributed by atoms with Crippen LogP contribution in [0.3, 0.4) is 0 Å². The van der Waals surface area contributed by atoms with Crippen molar-refractivity contribution in [2.24, 2.45) is 5.41 Å². The lowest BCUT2D eigenvalue weighted by molar-refractivity contribution is -0.126. The van der Waals surface area contributed by atoms with Gasteiger partial charge in [-0.1, -0.05) is 75.4 Å². The zero-order valence-corrected chi connectivity index (χ0v) is 20.1. The quantitative estimate of drug-likeness (QED) is 0.341. The van der Waals surface area contributed by atoms with Gasteiger partial charge in [-0.15, -0.1) is 0 Å². The van der Waals surface area contributed by atoms with E-state index in [2.05, 4.69) is 0 Å². The molecule has 0 bridgehead atoms. The number of carbonyl (C=O) groups is 2. The van der Waals surface area contributed by atoms with Gasteiger partial charge in [-0.3, -0.25) is 9.59 Å². The molecule has 0 saturated carbocycles. The number of hydrogen-bond donors (Lipinski definition) is 0. The van der Waals surface area contributed by atoms with Crippen LogP contribution in [0.15, 0.2) is 95.8 Å². The maximum absolute atomic E-state index is 13.8. The number of nitrogens with zero attached hydrogens (tertiary/aromatic N) is 2. The summed E-state index contributed by atoms with van der Waals surface area (Å²) in [6.07, 6.45) is 0.307. The van der Waals surface area contributed by atoms with Crippen molar-refractivity contribution in [2.45, 2.75) is 33.6 Å². The summed E-state index contributed by atoms with van der Waals surface area (Å²) in [4.78, 5) is 39.6. The summed E-state index contributed by atoms with van der Waals surface area (Å²) in [5.41, 5.74) is 1.03. The Hall–Kier alpha value is -4.19. The Morgan fingerprint density at radius 3 is 1.74 bits per heavy atom. The Labute approximate surface area is 204 Å². The molecule has 0 unspecified atom stereocenters. The number of aromatic nitrogens is 2. The molecule has 1 heterocycles. The molecule has 0 aliphatic carbocycles. The van der Waals surface area contributed by atoms with Gasteiger partial charge in [0.25, 0.3) is 5.56 Å². The second-order valence-corrected chi connectivity index (χ2v) is 9.31. The van der Waals surface area contributed by atoms with E-state index in [1.54, 1.807) is 28.9 Å². The first-order valence-electron chi connectivity index (χ1n) is 11.6. The van der Waals surface area contributed by atoms with E-state index in [0.29, 0.717) is 16.9 Å². The number of para-hydroxylation sites is 2. The summed E-state index contributed by atoms with van der Waals surface area (Å²) in [7, 11) is 0. The first-order valence-corrected chi connectivity index (χ1v) is 11.6. The summed E-state index contributed by atoms with van der Waals surface area (Å²) in [6.45, 7) is 5.55. The number of ketones is 1. The Balaban J connectivity index is 1.92. The monoisotopic (exact) mass is 468 g/mol. The molecule has 35 heavy (non-hydrogen) atoms. The highest BCUT2D eigenvalue weighted by Gasteiger charge is 2.28. The lowest BCUT2D eigenvalue weighted by atomic mass is 9.87. The molecule has 0 saturated heterocycles. The topological polar surface area (TPSA) is 70.3 Å². The number of hydrogen-bond acceptors (Lipinski definition) is 4. The minimum atomic E-state index is -0.580. The van der Waals surface area contributed by atoms with Crippen molar-refractivity contribution < 1.29 is 14.3 Å². The molecule has 0 fully saturated rings. The van der Waals surface area contributed by atoms with Gasteiger partial charge >= 0.3 is 5.97 Å². The molecule has 3 aromatic carbocycles. The van der Waals surface area contributed by atoms with Crippen LogP contribution in [-0.4, -0.2) is 21.1 Å². The lowest BCUT2D eigenvalue weighted by Gasteiger charge is -2.16. The van der Waals surface area contributed by atoms with Crippen LogP contribution >= 0.6 is 0 Å². The fourth-order valence-corrected chi connectivity index (χ4v) is 3.79. The van der Waals surface area contributed by atoms with Crippen molar-refractivity contribution in [1.29, 1.82) is 0 Å². The van der Waals surface area contributed by atoms with Crippen LogP contribution < -0.4 is 10.3 Å². The summed E-state index contributed by atoms with van der Waals surface area (Å²) in [6, 6.07) is 27.0. The summed E-state index contributed by atoms with van der Waals surface area (Å²) in [5.74, 6) is -0.444. The van der Waals surface area contributed by atoms with Gasteiger partial charge in [0.1, 0.15) is 5.78 Å². The van der Waals surface area contributed by atoms with E-state index >= 15 is 0 Å². The van der Waals surface area contributed by atoms with E-state index in [4.69, 9.17) is 4.74 Å². The Bertz CT molecular complexity index is 1380. The highest BCUT2D eigenvalue weighted by molar-refractivity contribution is 5.91. The Morgan fingerprint density at radius 2 is 1.23 bits per heavy atom. The molecule has 0 aliphatic rings. The smallest absolute Gasteiger partial charge is 0.344 e. The third kappa shape index (κ3) is 5.17. The van der Waals surface area contributed by atoms with Crippen LogP contribution in [0.25, 0.3) is 11.4 Å². The zero-order chi connectivity index (χ0) is 25.0. The predicted octanol–water partition coefficient (Wildman–Crippen LogP) is 5.40. The fraction of sp³-hybridized carbons (Fsp3) is 0.207. The molecular weight excluding hydrogens is 440 g/mol. The molecule has 1 aromatic heterocycles. The molecule has 0 radical (unpaired) electrons. The number of ether oxygens (including phenoxy) is 1. The number of esters is 1. The van der Waals surface area contributed by atoms with Gasteiger partial charge in [0, 0.05) is 11.8 Å². The lowest BCUT2D eigenvalue weighted by Crippen LogP contribution is -2.23. The van der Waals surface area contributed by atoms with Crippen molar-refractivity contribution in [3.05, 3.63) is 112 Å². The standard InChI is InChI=1S/C29H28N2O4/c1-29(2,3)25(32)20-19-24-26(33)30(22-15-9-5-10-16-22)31(23-17-11-6-12-18-23)27(24)35-28(34)21-13-7-4-8-14-21/h4-18H,19-20H2,1-3H3. The van der Waals surface area contributed by atoms with E-state index in [1.807, 2.05) is 87.5 Å². The molecule has 0 amide bonds. The minimum Gasteiger partial charge on any atom is -0.403 e. The molecule has 6 nitrogen and oxygen atoms in total. The van der Waals surface area contributed by atoms with Crippen LogP contribution in [0.5, 0.6) is 5.88 Å². The summed E-state index contributed by atoms with van der Waals surface area (Å²) < 4.78 is 9.00. The van der Waals surface area contributed by atoms with Crippen LogP contribution in [-0.2, 0) is 11.2 Å². The molecule has 178 valence electrons. The molecule has 0 aliphatic heterocycles. The maximum Gasteiger partial charge on any atom is 0.344 e. The van der Waals surface area contributed by atoms with Gasteiger partial charge in [0.05, 0.1) is 22.5 Å². The highest BCUT2D eigenvalue weighted by atomic mass is 16.5. The molecule has 0 atom stereocenters. The summed E-state index contributed by atoms with van der Waals surface area (Å²) >= 11 is 0. The van der Waals surface area contributed by atoms with Crippen molar-refractivity contribution in [3.63, 3.8) is 0 Å². The second-order valence-electron chi connectivity index (χ2n) is 9.31. The molecule has 0 N–H and O–H groups in total. The fourth-order valence-electron chi connectivity index (χ4n) is 3.79. The van der Waals surface area contributed by atoms with Gasteiger partial charge in [-0.25, -0.2) is 14.2 Å². The minimum absolute atomic E-state index is 0.0240. The van der Waals surface area contributed by atoms with E-state index in [0.717, 1.165) is 0 Å². The molecule has 4 rings (SSSR count). The molecule has 4 aromatic rings. The Morgan fingerprint density at radius 1 is 0.743 bits per heavy atom. The molecule has 0 spiro atoms. The second kappa shape index (κ2) is 9.97. The van der Waals surface area contributed by atoms with Gasteiger partial charge in [0.15, 0.2) is 0 Å². The third-order valence-electron chi connectivity index (χ3n) is 5.74. The van der Waals surface area contributed by atoms with E-state index in [-0.39, 0.29) is 35.6 Å². The van der Waals surface area contributed by atoms with Crippen molar-refractivity contribution >= 4 is 11.8 Å². The van der Waals surface area contributed by atoms with Crippen molar-refractivity contribution in [1.82, 2.24) is 9.36 Å². The average Bonchev–Trinajstić information content (AvgIpc) is 3.14. The van der Waals surface area contributed by atoms with Gasteiger partial charge in [-0.05, 0) is 42.8 Å². The van der Waals surface area contributed by atoms with Crippen LogP contribution in [0.2, 0.25) is 0 Å². The highest BCUT2D eigenvalue weighted by Crippen LogP contribution is 2.27. The van der Waals surface area contributed by atoms with Crippen molar-refractivity contribution in [2.75, 3.05) is 0 Å². The first kappa shape index (κ1) is 24.0. The molecule has 6 heteroatoms. The zero-order valence-electron chi connectivity index (χ0n) is 20.1.